The Hall–Kier alpha value is -2.37. The number of nitrogens with zero attached hydrogens (tertiary/aromatic N) is 3. The predicted molar refractivity (Wildman–Crippen MR) is 97.3 cm³/mol. The summed E-state index contributed by atoms with van der Waals surface area (Å²) in [4.78, 5) is 26.7. The van der Waals surface area contributed by atoms with Gasteiger partial charge < -0.3 is 9.32 Å². The lowest BCUT2D eigenvalue weighted by atomic mass is 9.96. The third-order valence-corrected chi connectivity index (χ3v) is 5.49. The van der Waals surface area contributed by atoms with Gasteiger partial charge in [0, 0.05) is 31.6 Å². The summed E-state index contributed by atoms with van der Waals surface area (Å²) in [6.07, 6.45) is 4.14. The molecule has 3 heterocycles. The first kappa shape index (κ1) is 17.1. The second-order valence-electron chi connectivity index (χ2n) is 7.62. The fourth-order valence-electron chi connectivity index (χ4n) is 3.77. The molecule has 1 aliphatic carbocycles. The molecule has 0 spiro atoms. The van der Waals surface area contributed by atoms with Crippen molar-refractivity contribution >= 4 is 5.91 Å². The number of hydrogen-bond acceptors (Lipinski definition) is 4. The summed E-state index contributed by atoms with van der Waals surface area (Å²) in [6, 6.07) is 5.33. The summed E-state index contributed by atoms with van der Waals surface area (Å²) >= 11 is 0. The Bertz CT molecular complexity index is 871. The Morgan fingerprint density at radius 1 is 1.19 bits per heavy atom. The number of carbonyl (C=O) groups excluding carboxylic acids is 1. The van der Waals surface area contributed by atoms with Crippen molar-refractivity contribution in [2.75, 3.05) is 13.1 Å². The minimum absolute atomic E-state index is 0.0302. The quantitative estimate of drug-likeness (QED) is 0.846. The maximum atomic E-state index is 12.7. The Kier molecular flexibility index (Phi) is 4.42. The lowest BCUT2D eigenvalue weighted by molar-refractivity contribution is 0.0678. The molecule has 6 nitrogen and oxygen atoms in total. The second-order valence-corrected chi connectivity index (χ2v) is 7.62. The van der Waals surface area contributed by atoms with Crippen LogP contribution in [0.2, 0.25) is 0 Å². The van der Waals surface area contributed by atoms with Gasteiger partial charge in [0.1, 0.15) is 11.5 Å². The highest BCUT2D eigenvalue weighted by Gasteiger charge is 2.28. The van der Waals surface area contributed by atoms with E-state index < -0.39 is 0 Å². The second kappa shape index (κ2) is 6.74. The first-order valence-electron chi connectivity index (χ1n) is 9.45. The van der Waals surface area contributed by atoms with E-state index in [2.05, 4.69) is 5.10 Å². The molecule has 1 saturated carbocycles. The van der Waals surface area contributed by atoms with Gasteiger partial charge in [-0.15, -0.1) is 0 Å². The van der Waals surface area contributed by atoms with Gasteiger partial charge in [0.25, 0.3) is 11.5 Å². The van der Waals surface area contributed by atoms with Crippen molar-refractivity contribution in [3.05, 3.63) is 51.3 Å². The summed E-state index contributed by atoms with van der Waals surface area (Å²) in [6.45, 7) is 5.76. The molecule has 2 aliphatic rings. The van der Waals surface area contributed by atoms with E-state index in [0.717, 1.165) is 24.3 Å². The molecule has 2 fully saturated rings. The Morgan fingerprint density at radius 3 is 2.54 bits per heavy atom. The smallest absolute Gasteiger partial charge is 0.266 e. The van der Waals surface area contributed by atoms with Crippen molar-refractivity contribution < 1.29 is 9.21 Å². The topological polar surface area (TPSA) is 68.3 Å². The first-order valence-corrected chi connectivity index (χ1v) is 9.45. The van der Waals surface area contributed by atoms with Crippen LogP contribution in [-0.2, 0) is 6.54 Å². The predicted octanol–water partition coefficient (Wildman–Crippen LogP) is 2.88. The van der Waals surface area contributed by atoms with E-state index in [0.29, 0.717) is 42.8 Å². The molecule has 6 heteroatoms. The largest absolute Gasteiger partial charge is 0.466 e. The lowest BCUT2D eigenvalue weighted by Crippen LogP contribution is -2.40. The van der Waals surface area contributed by atoms with E-state index in [4.69, 9.17) is 4.42 Å². The van der Waals surface area contributed by atoms with Crippen molar-refractivity contribution in [1.82, 2.24) is 14.7 Å². The number of amides is 1. The van der Waals surface area contributed by atoms with Crippen molar-refractivity contribution in [2.45, 2.75) is 52.0 Å². The van der Waals surface area contributed by atoms with E-state index >= 15 is 0 Å². The van der Waals surface area contributed by atoms with Crippen LogP contribution < -0.4 is 5.56 Å². The van der Waals surface area contributed by atoms with Gasteiger partial charge in [-0.3, -0.25) is 9.59 Å². The van der Waals surface area contributed by atoms with Crippen LogP contribution in [0.4, 0.5) is 0 Å². The molecule has 2 aromatic rings. The molecule has 1 saturated heterocycles. The molecular weight excluding hydrogens is 330 g/mol. The van der Waals surface area contributed by atoms with Crippen LogP contribution in [0.5, 0.6) is 0 Å². The highest BCUT2D eigenvalue weighted by molar-refractivity contribution is 5.95. The standard InChI is InChI=1S/C20H25N3O3/c1-13-11-17(14(2)26-13)20(25)22-9-7-15(8-10-22)12-23-19(24)6-5-18(21-23)16-3-4-16/h5-6,11,15-16H,3-4,7-10,12H2,1-2H3. The van der Waals surface area contributed by atoms with E-state index in [1.165, 1.54) is 12.8 Å². The summed E-state index contributed by atoms with van der Waals surface area (Å²) in [5.74, 6) is 2.42. The van der Waals surface area contributed by atoms with Gasteiger partial charge in [-0.2, -0.15) is 5.10 Å². The summed E-state index contributed by atoms with van der Waals surface area (Å²) < 4.78 is 7.11. The van der Waals surface area contributed by atoms with E-state index in [-0.39, 0.29) is 11.5 Å². The molecule has 1 aliphatic heterocycles. The number of rotatable bonds is 4. The normalized spacial score (nSPS) is 18.3. The van der Waals surface area contributed by atoms with Crippen LogP contribution in [0.1, 0.15) is 59.2 Å². The van der Waals surface area contributed by atoms with E-state index in [1.807, 2.05) is 30.9 Å². The van der Waals surface area contributed by atoms with Crippen LogP contribution in [0, 0.1) is 19.8 Å². The lowest BCUT2D eigenvalue weighted by Gasteiger charge is -2.32. The van der Waals surface area contributed by atoms with Gasteiger partial charge in [-0.05, 0) is 57.6 Å². The van der Waals surface area contributed by atoms with Gasteiger partial charge >= 0.3 is 0 Å². The third kappa shape index (κ3) is 3.45. The maximum Gasteiger partial charge on any atom is 0.266 e. The molecular formula is C20H25N3O3. The molecule has 26 heavy (non-hydrogen) atoms. The number of carbonyl (C=O) groups is 1. The van der Waals surface area contributed by atoms with E-state index in [1.54, 1.807) is 10.7 Å². The van der Waals surface area contributed by atoms with Gasteiger partial charge in [0.2, 0.25) is 0 Å². The highest BCUT2D eigenvalue weighted by atomic mass is 16.3. The fraction of sp³-hybridized carbons (Fsp3) is 0.550. The van der Waals surface area contributed by atoms with Crippen molar-refractivity contribution in [1.29, 1.82) is 0 Å². The summed E-state index contributed by atoms with van der Waals surface area (Å²) in [5.41, 5.74) is 1.68. The van der Waals surface area contributed by atoms with Gasteiger partial charge in [-0.25, -0.2) is 4.68 Å². The molecule has 138 valence electrons. The van der Waals surface area contributed by atoms with Gasteiger partial charge in [0.05, 0.1) is 11.3 Å². The average Bonchev–Trinajstić information content (AvgIpc) is 3.41. The molecule has 0 aromatic carbocycles. The number of piperidine rings is 1. The molecule has 0 N–H and O–H groups in total. The SMILES string of the molecule is Cc1cc(C(=O)N2CCC(Cn3nc(C4CC4)ccc3=O)CC2)c(C)o1. The Balaban J connectivity index is 1.38. The number of aryl methyl sites for hydroxylation is 2. The zero-order valence-electron chi connectivity index (χ0n) is 15.4. The van der Waals surface area contributed by atoms with Crippen molar-refractivity contribution in [3.63, 3.8) is 0 Å². The summed E-state index contributed by atoms with van der Waals surface area (Å²) in [7, 11) is 0. The molecule has 0 unspecified atom stereocenters. The van der Waals surface area contributed by atoms with Gasteiger partial charge in [-0.1, -0.05) is 0 Å². The third-order valence-electron chi connectivity index (χ3n) is 5.49. The van der Waals surface area contributed by atoms with Crippen LogP contribution in [0.25, 0.3) is 0 Å². The highest BCUT2D eigenvalue weighted by Crippen LogP contribution is 2.38. The molecule has 0 atom stereocenters. The van der Waals surface area contributed by atoms with E-state index in [9.17, 15) is 9.59 Å². The zero-order chi connectivity index (χ0) is 18.3. The molecule has 0 radical (unpaired) electrons. The number of aromatic nitrogens is 2. The molecule has 1 amide bonds. The number of likely N-dealkylation sites (tertiary alicyclic amines) is 1. The minimum Gasteiger partial charge on any atom is -0.466 e. The molecule has 0 bridgehead atoms. The summed E-state index contributed by atoms with van der Waals surface area (Å²) in [5, 5.41) is 4.56. The van der Waals surface area contributed by atoms with Crippen LogP contribution in [0.3, 0.4) is 0 Å². The van der Waals surface area contributed by atoms with Crippen LogP contribution >= 0.6 is 0 Å². The monoisotopic (exact) mass is 355 g/mol. The first-order chi connectivity index (χ1) is 12.5. The number of hydrogen-bond donors (Lipinski definition) is 0. The van der Waals surface area contributed by atoms with Crippen molar-refractivity contribution in [3.8, 4) is 0 Å². The average molecular weight is 355 g/mol. The fourth-order valence-corrected chi connectivity index (χ4v) is 3.77. The maximum absolute atomic E-state index is 12.7. The Morgan fingerprint density at radius 2 is 1.92 bits per heavy atom. The van der Waals surface area contributed by atoms with Crippen molar-refractivity contribution in [2.24, 2.45) is 5.92 Å². The van der Waals surface area contributed by atoms with Crippen LogP contribution in [-0.4, -0.2) is 33.7 Å². The van der Waals surface area contributed by atoms with Gasteiger partial charge in [0.15, 0.2) is 0 Å². The molecule has 4 rings (SSSR count). The van der Waals surface area contributed by atoms with Crippen LogP contribution in [0.15, 0.2) is 27.4 Å². The minimum atomic E-state index is -0.0302. The Labute approximate surface area is 152 Å². The molecule has 2 aromatic heterocycles. The number of furan rings is 1. The zero-order valence-corrected chi connectivity index (χ0v) is 15.4.